The van der Waals surface area contributed by atoms with Crippen molar-refractivity contribution in [2.45, 2.75) is 19.9 Å². The second kappa shape index (κ2) is 8.33. The topological polar surface area (TPSA) is 55.4 Å². The Morgan fingerprint density at radius 2 is 1.92 bits per heavy atom. The number of halogens is 1. The molecule has 0 aliphatic heterocycles. The second-order valence-corrected chi connectivity index (χ2v) is 7.28. The van der Waals surface area contributed by atoms with E-state index in [0.717, 1.165) is 22.3 Å². The summed E-state index contributed by atoms with van der Waals surface area (Å²) in [5.74, 6) is 0.720. The molecule has 0 aromatic heterocycles. The van der Waals surface area contributed by atoms with E-state index in [-0.39, 0.29) is 6.04 Å². The smallest absolute Gasteiger partial charge is 0.234 e. The minimum atomic E-state index is -3.57. The molecule has 0 aliphatic rings. The number of sulfonamides is 1. The third-order valence-electron chi connectivity index (χ3n) is 3.32. The van der Waals surface area contributed by atoms with E-state index in [2.05, 4.69) is 4.72 Å². The minimum absolute atomic E-state index is 0.370. The zero-order valence-electron chi connectivity index (χ0n) is 13.6. The summed E-state index contributed by atoms with van der Waals surface area (Å²) in [4.78, 5) is 0. The molecule has 1 unspecified atom stereocenters. The largest absolute Gasteiger partial charge is 0.494 e. The van der Waals surface area contributed by atoms with Crippen LogP contribution in [-0.4, -0.2) is 15.0 Å². The zero-order chi connectivity index (χ0) is 17.6. The minimum Gasteiger partial charge on any atom is -0.494 e. The quantitative estimate of drug-likeness (QED) is 0.791. The van der Waals surface area contributed by atoms with E-state index in [1.165, 1.54) is 6.08 Å². The summed E-state index contributed by atoms with van der Waals surface area (Å²) >= 11 is 5.81. The highest BCUT2D eigenvalue weighted by molar-refractivity contribution is 7.92. The average molecular weight is 366 g/mol. The standard InChI is InChI=1S/C18H20ClNO3S/c1-3-23-18-6-4-5-16(13-18)14(2)20-24(21,22)12-11-15-7-9-17(19)10-8-15/h4-14,20H,3H2,1-2H3/b12-11+. The van der Waals surface area contributed by atoms with Gasteiger partial charge in [-0.3, -0.25) is 0 Å². The highest BCUT2D eigenvalue weighted by Gasteiger charge is 2.13. The third-order valence-corrected chi connectivity index (χ3v) is 4.75. The van der Waals surface area contributed by atoms with E-state index >= 15 is 0 Å². The van der Waals surface area contributed by atoms with Crippen molar-refractivity contribution in [1.29, 1.82) is 0 Å². The van der Waals surface area contributed by atoms with Crippen LogP contribution in [-0.2, 0) is 10.0 Å². The van der Waals surface area contributed by atoms with Crippen molar-refractivity contribution >= 4 is 27.7 Å². The molecule has 0 saturated carbocycles. The van der Waals surface area contributed by atoms with E-state index < -0.39 is 10.0 Å². The van der Waals surface area contributed by atoms with Gasteiger partial charge >= 0.3 is 0 Å². The maximum atomic E-state index is 12.2. The van der Waals surface area contributed by atoms with Gasteiger partial charge in [0.15, 0.2) is 0 Å². The Hall–Kier alpha value is -1.82. The van der Waals surface area contributed by atoms with Crippen LogP contribution in [0.1, 0.15) is 31.0 Å². The van der Waals surface area contributed by atoms with Gasteiger partial charge in [-0.1, -0.05) is 35.9 Å². The second-order valence-electron chi connectivity index (χ2n) is 5.24. The van der Waals surface area contributed by atoms with E-state index in [1.54, 1.807) is 31.2 Å². The van der Waals surface area contributed by atoms with Crippen molar-refractivity contribution < 1.29 is 13.2 Å². The molecule has 2 aromatic carbocycles. The molecule has 0 fully saturated rings. The van der Waals surface area contributed by atoms with Crippen molar-refractivity contribution in [2.24, 2.45) is 0 Å². The van der Waals surface area contributed by atoms with Gasteiger partial charge in [0.1, 0.15) is 5.75 Å². The molecular weight excluding hydrogens is 346 g/mol. The molecule has 24 heavy (non-hydrogen) atoms. The van der Waals surface area contributed by atoms with Gasteiger partial charge in [-0.2, -0.15) is 0 Å². The van der Waals surface area contributed by atoms with Crippen LogP contribution in [0.25, 0.3) is 6.08 Å². The molecular formula is C18H20ClNO3S. The van der Waals surface area contributed by atoms with E-state index in [0.29, 0.717) is 11.6 Å². The van der Waals surface area contributed by atoms with E-state index in [9.17, 15) is 8.42 Å². The molecule has 2 aromatic rings. The SMILES string of the molecule is CCOc1cccc(C(C)NS(=O)(=O)/C=C/c2ccc(Cl)cc2)c1. The maximum absolute atomic E-state index is 12.2. The Bertz CT molecular complexity index is 801. The lowest BCUT2D eigenvalue weighted by Crippen LogP contribution is -2.24. The van der Waals surface area contributed by atoms with E-state index in [4.69, 9.17) is 16.3 Å². The first-order valence-corrected chi connectivity index (χ1v) is 9.51. The van der Waals surface area contributed by atoms with Crippen LogP contribution >= 0.6 is 11.6 Å². The van der Waals surface area contributed by atoms with Crippen molar-refractivity contribution in [3.8, 4) is 5.75 Å². The summed E-state index contributed by atoms with van der Waals surface area (Å²) in [6.07, 6.45) is 1.53. The molecule has 0 spiro atoms. The Labute approximate surface area is 148 Å². The number of ether oxygens (including phenoxy) is 1. The van der Waals surface area contributed by atoms with E-state index in [1.807, 2.05) is 31.2 Å². The molecule has 0 saturated heterocycles. The fraction of sp³-hybridized carbons (Fsp3) is 0.222. The number of nitrogens with one attached hydrogen (secondary N) is 1. The Morgan fingerprint density at radius 3 is 2.58 bits per heavy atom. The fourth-order valence-corrected chi connectivity index (χ4v) is 3.31. The fourth-order valence-electron chi connectivity index (χ4n) is 2.14. The summed E-state index contributed by atoms with van der Waals surface area (Å²) in [5, 5.41) is 1.76. The van der Waals surface area contributed by atoms with Gasteiger partial charge in [0.05, 0.1) is 6.61 Å². The third kappa shape index (κ3) is 5.67. The number of rotatable bonds is 7. The molecule has 0 aliphatic carbocycles. The number of hydrogen-bond acceptors (Lipinski definition) is 3. The lowest BCUT2D eigenvalue weighted by Gasteiger charge is -2.14. The molecule has 1 atom stereocenters. The molecule has 128 valence electrons. The molecule has 0 amide bonds. The summed E-state index contributed by atoms with van der Waals surface area (Å²) in [7, 11) is -3.57. The molecule has 0 heterocycles. The summed E-state index contributed by atoms with van der Waals surface area (Å²) in [5.41, 5.74) is 1.60. The first kappa shape index (κ1) is 18.5. The van der Waals surface area contributed by atoms with Crippen LogP contribution < -0.4 is 9.46 Å². The first-order chi connectivity index (χ1) is 11.4. The summed E-state index contributed by atoms with van der Waals surface area (Å²) in [6.45, 7) is 4.26. The monoisotopic (exact) mass is 365 g/mol. The van der Waals surface area contributed by atoms with Gasteiger partial charge in [0.2, 0.25) is 10.0 Å². The molecule has 1 N–H and O–H groups in total. The van der Waals surface area contributed by atoms with Crippen LogP contribution in [0.15, 0.2) is 53.9 Å². The van der Waals surface area contributed by atoms with Crippen LogP contribution in [0.2, 0.25) is 5.02 Å². The predicted octanol–water partition coefficient (Wildman–Crippen LogP) is 4.39. The zero-order valence-corrected chi connectivity index (χ0v) is 15.1. The Morgan fingerprint density at radius 1 is 1.21 bits per heavy atom. The molecule has 6 heteroatoms. The van der Waals surface area contributed by atoms with Crippen LogP contribution in [0.3, 0.4) is 0 Å². The highest BCUT2D eigenvalue weighted by atomic mass is 35.5. The maximum Gasteiger partial charge on any atom is 0.234 e. The van der Waals surface area contributed by atoms with Gasteiger partial charge in [-0.25, -0.2) is 13.1 Å². The van der Waals surface area contributed by atoms with Crippen molar-refractivity contribution in [3.63, 3.8) is 0 Å². The highest BCUT2D eigenvalue weighted by Crippen LogP contribution is 2.20. The lowest BCUT2D eigenvalue weighted by molar-refractivity contribution is 0.339. The Kier molecular flexibility index (Phi) is 6.43. The van der Waals surface area contributed by atoms with Gasteiger partial charge in [-0.15, -0.1) is 0 Å². The van der Waals surface area contributed by atoms with Crippen molar-refractivity contribution in [3.05, 3.63) is 70.1 Å². The molecule has 0 bridgehead atoms. The summed E-state index contributed by atoms with van der Waals surface area (Å²) < 4.78 is 32.5. The van der Waals surface area contributed by atoms with Gasteiger partial charge in [0.25, 0.3) is 0 Å². The van der Waals surface area contributed by atoms with Crippen LogP contribution in [0.4, 0.5) is 0 Å². The number of benzene rings is 2. The first-order valence-electron chi connectivity index (χ1n) is 7.58. The molecule has 0 radical (unpaired) electrons. The predicted molar refractivity (Wildman–Crippen MR) is 98.6 cm³/mol. The lowest BCUT2D eigenvalue weighted by atomic mass is 10.1. The number of hydrogen-bond donors (Lipinski definition) is 1. The van der Waals surface area contributed by atoms with Crippen molar-refractivity contribution in [2.75, 3.05) is 6.61 Å². The van der Waals surface area contributed by atoms with Gasteiger partial charge < -0.3 is 4.74 Å². The van der Waals surface area contributed by atoms with Gasteiger partial charge in [-0.05, 0) is 55.3 Å². The normalized spacial score (nSPS) is 13.1. The Balaban J connectivity index is 2.07. The van der Waals surface area contributed by atoms with Gasteiger partial charge in [0, 0.05) is 16.5 Å². The summed E-state index contributed by atoms with van der Waals surface area (Å²) in [6, 6.07) is 13.9. The average Bonchev–Trinajstić information content (AvgIpc) is 2.54. The van der Waals surface area contributed by atoms with Crippen LogP contribution in [0.5, 0.6) is 5.75 Å². The molecule has 4 nitrogen and oxygen atoms in total. The van der Waals surface area contributed by atoms with Crippen LogP contribution in [0, 0.1) is 0 Å². The van der Waals surface area contributed by atoms with Crippen molar-refractivity contribution in [1.82, 2.24) is 4.72 Å². The molecule has 2 rings (SSSR count).